The molecule has 1 atom stereocenters. The highest BCUT2D eigenvalue weighted by atomic mass is 32.2. The lowest BCUT2D eigenvalue weighted by Gasteiger charge is -2.23. The summed E-state index contributed by atoms with van der Waals surface area (Å²) in [4.78, 5) is 8.82. The average Bonchev–Trinajstić information content (AvgIpc) is 3.24. The van der Waals surface area contributed by atoms with Crippen molar-refractivity contribution in [3.63, 3.8) is 0 Å². The van der Waals surface area contributed by atoms with Crippen LogP contribution in [0.4, 0.5) is 5.13 Å². The van der Waals surface area contributed by atoms with Crippen molar-refractivity contribution in [2.45, 2.75) is 45.4 Å². The summed E-state index contributed by atoms with van der Waals surface area (Å²) in [6.45, 7) is 6.16. The van der Waals surface area contributed by atoms with Crippen LogP contribution in [0.3, 0.4) is 0 Å². The minimum absolute atomic E-state index is 0.255. The quantitative estimate of drug-likeness (QED) is 0.624. The fraction of sp³-hybridized carbons (Fsp3) is 0.500. The summed E-state index contributed by atoms with van der Waals surface area (Å²) < 4.78 is 1.87. The lowest BCUT2D eigenvalue weighted by atomic mass is 10.2. The number of imidazole rings is 1. The molecule has 0 amide bonds. The number of aliphatic imine (C=N–C) groups is 1. The molecule has 0 saturated heterocycles. The van der Waals surface area contributed by atoms with Crippen molar-refractivity contribution >= 4 is 39.2 Å². The lowest BCUT2D eigenvalue weighted by Crippen LogP contribution is -2.35. The molecule has 3 heterocycles. The van der Waals surface area contributed by atoms with Gasteiger partial charge in [0.2, 0.25) is 11.1 Å². The summed E-state index contributed by atoms with van der Waals surface area (Å²) in [5, 5.41) is 17.6. The lowest BCUT2D eigenvalue weighted by molar-refractivity contribution is 0.391. The second-order valence-electron chi connectivity index (χ2n) is 5.16. The number of aromatic nitrogens is 4. The topological polar surface area (TPSA) is 71.6 Å². The number of aryl methyl sites for hydroxylation is 1. The number of hydrogen-bond donors (Lipinski definition) is 0. The number of hydrogen-bond acceptors (Lipinski definition) is 7. The van der Waals surface area contributed by atoms with Gasteiger partial charge in [-0.15, -0.1) is 10.2 Å². The molecule has 0 saturated carbocycles. The van der Waals surface area contributed by atoms with Crippen LogP contribution in [0.2, 0.25) is 0 Å². The zero-order valence-electron chi connectivity index (χ0n) is 13.4. The van der Waals surface area contributed by atoms with Gasteiger partial charge in [-0.3, -0.25) is 4.57 Å². The molecule has 0 unspecified atom stereocenters. The van der Waals surface area contributed by atoms with Crippen molar-refractivity contribution in [1.29, 1.82) is 0 Å². The van der Waals surface area contributed by atoms with Crippen LogP contribution in [-0.2, 0) is 0 Å². The number of unbranched alkanes of at least 4 members (excludes halogenated alkanes) is 1. The Morgan fingerprint density at radius 3 is 2.87 bits per heavy atom. The van der Waals surface area contributed by atoms with E-state index >= 15 is 0 Å². The van der Waals surface area contributed by atoms with Gasteiger partial charge >= 0.3 is 0 Å². The molecule has 0 aliphatic carbocycles. The highest BCUT2D eigenvalue weighted by molar-refractivity contribution is 8.14. The summed E-state index contributed by atoms with van der Waals surface area (Å²) in [6.07, 6.45) is 8.73. The maximum atomic E-state index is 4.69. The van der Waals surface area contributed by atoms with Crippen molar-refractivity contribution in [2.24, 2.45) is 10.1 Å². The molecule has 0 bridgehead atoms. The molecule has 2 aromatic heterocycles. The van der Waals surface area contributed by atoms with Crippen LogP contribution in [0.15, 0.2) is 28.8 Å². The molecule has 9 heteroatoms. The highest BCUT2D eigenvalue weighted by Gasteiger charge is 2.30. The van der Waals surface area contributed by atoms with Crippen molar-refractivity contribution in [1.82, 2.24) is 24.8 Å². The van der Waals surface area contributed by atoms with Crippen molar-refractivity contribution in [2.75, 3.05) is 0 Å². The number of hydrazone groups is 1. The Labute approximate surface area is 143 Å². The molecule has 0 aromatic carbocycles. The van der Waals surface area contributed by atoms with E-state index < -0.39 is 0 Å². The van der Waals surface area contributed by atoms with E-state index in [1.165, 1.54) is 11.3 Å². The third kappa shape index (κ3) is 3.78. The number of rotatable bonds is 4. The van der Waals surface area contributed by atoms with Gasteiger partial charge in [-0.25, -0.2) is 9.99 Å². The second-order valence-corrected chi connectivity index (χ2v) is 7.69. The van der Waals surface area contributed by atoms with E-state index in [0.29, 0.717) is 11.1 Å². The Kier molecular flexibility index (Phi) is 5.06. The van der Waals surface area contributed by atoms with Gasteiger partial charge in [0.15, 0.2) is 0 Å². The fourth-order valence-corrected chi connectivity index (χ4v) is 3.85. The molecule has 3 rings (SSSR count). The van der Waals surface area contributed by atoms with Gasteiger partial charge < -0.3 is 0 Å². The van der Waals surface area contributed by atoms with Gasteiger partial charge in [-0.1, -0.05) is 42.9 Å². The first kappa shape index (κ1) is 16.1. The summed E-state index contributed by atoms with van der Waals surface area (Å²) >= 11 is 3.25. The molecule has 7 nitrogen and oxygen atoms in total. The van der Waals surface area contributed by atoms with Crippen LogP contribution in [0.1, 0.15) is 38.1 Å². The minimum Gasteiger partial charge on any atom is -0.275 e. The molecule has 122 valence electrons. The molecular formula is C14H19N7S2. The molecular weight excluding hydrogens is 330 g/mol. The maximum absolute atomic E-state index is 4.69. The van der Waals surface area contributed by atoms with Crippen LogP contribution in [0.5, 0.6) is 0 Å². The van der Waals surface area contributed by atoms with E-state index in [-0.39, 0.29) is 5.37 Å². The van der Waals surface area contributed by atoms with Gasteiger partial charge in [0.05, 0.1) is 5.04 Å². The first-order valence-corrected chi connectivity index (χ1v) is 9.25. The van der Waals surface area contributed by atoms with Crippen LogP contribution >= 0.6 is 23.1 Å². The normalized spacial score (nSPS) is 18.6. The highest BCUT2D eigenvalue weighted by Crippen LogP contribution is 2.31. The smallest absolute Gasteiger partial charge is 0.235 e. The molecule has 2 aromatic rings. The Morgan fingerprint density at radius 1 is 1.35 bits per heavy atom. The zero-order valence-corrected chi connectivity index (χ0v) is 15.0. The standard InChI is InChI=1S/C14H19N7S2/c1-4-5-6-12-21(19-11(3)22-12)14(20-8-7-15-9-20)16-13-18-17-10(2)23-13/h7-9,12H,4-6H2,1-3H3/b16-14+/t12-/m0/s1. The molecule has 0 spiro atoms. The maximum Gasteiger partial charge on any atom is 0.235 e. The van der Waals surface area contributed by atoms with Gasteiger partial charge in [-0.2, -0.15) is 10.1 Å². The van der Waals surface area contributed by atoms with E-state index in [9.17, 15) is 0 Å². The largest absolute Gasteiger partial charge is 0.275 e. The predicted octanol–water partition coefficient (Wildman–Crippen LogP) is 3.48. The van der Waals surface area contributed by atoms with Crippen LogP contribution < -0.4 is 0 Å². The van der Waals surface area contributed by atoms with E-state index in [1.807, 2.05) is 29.6 Å². The van der Waals surface area contributed by atoms with E-state index in [2.05, 4.69) is 32.2 Å². The van der Waals surface area contributed by atoms with Gasteiger partial charge in [0.1, 0.15) is 16.7 Å². The number of thioether (sulfide) groups is 1. The molecule has 0 radical (unpaired) electrons. The Hall–Kier alpha value is -1.74. The zero-order chi connectivity index (χ0) is 16.2. The van der Waals surface area contributed by atoms with Gasteiger partial charge in [0.25, 0.3) is 0 Å². The minimum atomic E-state index is 0.255. The number of nitrogens with zero attached hydrogens (tertiary/aromatic N) is 7. The summed E-state index contributed by atoms with van der Waals surface area (Å²) in [7, 11) is 0. The SMILES string of the molecule is CCCC[C@@H]1SC(C)=NN1/C(=N/c1nnc(C)s1)n1ccnc1. The summed E-state index contributed by atoms with van der Waals surface area (Å²) in [5.74, 6) is 0.712. The van der Waals surface area contributed by atoms with Gasteiger partial charge in [0, 0.05) is 12.4 Å². The van der Waals surface area contributed by atoms with Crippen LogP contribution in [0.25, 0.3) is 0 Å². The molecule has 1 aliphatic heterocycles. The molecule has 1 aliphatic rings. The van der Waals surface area contributed by atoms with Crippen LogP contribution in [0, 0.1) is 6.92 Å². The third-order valence-electron chi connectivity index (χ3n) is 3.28. The van der Waals surface area contributed by atoms with E-state index in [1.54, 1.807) is 24.3 Å². The monoisotopic (exact) mass is 349 g/mol. The van der Waals surface area contributed by atoms with Gasteiger partial charge in [-0.05, 0) is 20.3 Å². The Balaban J connectivity index is 1.96. The second kappa shape index (κ2) is 7.22. The van der Waals surface area contributed by atoms with Crippen molar-refractivity contribution < 1.29 is 0 Å². The van der Waals surface area contributed by atoms with Crippen molar-refractivity contribution in [3.8, 4) is 0 Å². The van der Waals surface area contributed by atoms with E-state index in [0.717, 1.165) is 29.3 Å². The average molecular weight is 349 g/mol. The van der Waals surface area contributed by atoms with Crippen LogP contribution in [-0.4, -0.2) is 41.1 Å². The van der Waals surface area contributed by atoms with E-state index in [4.69, 9.17) is 0 Å². The predicted molar refractivity (Wildman–Crippen MR) is 95.2 cm³/mol. The van der Waals surface area contributed by atoms with Crippen molar-refractivity contribution in [3.05, 3.63) is 23.7 Å². The Morgan fingerprint density at radius 2 is 2.22 bits per heavy atom. The fourth-order valence-electron chi connectivity index (χ4n) is 2.24. The third-order valence-corrected chi connectivity index (χ3v) is 5.15. The first-order chi connectivity index (χ1) is 11.2. The molecule has 23 heavy (non-hydrogen) atoms. The summed E-state index contributed by atoms with van der Waals surface area (Å²) in [5.41, 5.74) is 0. The Bertz CT molecular complexity index is 705. The molecule has 0 fully saturated rings. The summed E-state index contributed by atoms with van der Waals surface area (Å²) in [6, 6.07) is 0. The molecule has 0 N–H and O–H groups in total. The first-order valence-electron chi connectivity index (χ1n) is 7.55.